The average molecular weight is 413 g/mol. The van der Waals surface area contributed by atoms with Crippen LogP contribution in [0.3, 0.4) is 0 Å². The number of hydrogen-bond donors (Lipinski definition) is 2. The van der Waals surface area contributed by atoms with E-state index in [9.17, 15) is 18.4 Å². The van der Waals surface area contributed by atoms with Gasteiger partial charge >= 0.3 is 6.09 Å². The Morgan fingerprint density at radius 3 is 2.66 bits per heavy atom. The van der Waals surface area contributed by atoms with Crippen molar-refractivity contribution in [3.05, 3.63) is 6.20 Å². The fourth-order valence-electron chi connectivity index (χ4n) is 3.05. The normalized spacial score (nSPS) is 27.4. The van der Waals surface area contributed by atoms with Crippen molar-refractivity contribution in [1.82, 2.24) is 15.3 Å². The van der Waals surface area contributed by atoms with Crippen molar-refractivity contribution in [3.63, 3.8) is 0 Å². The predicted octanol–water partition coefficient (Wildman–Crippen LogP) is 0.452. The Bertz CT molecular complexity index is 828. The zero-order valence-electron chi connectivity index (χ0n) is 15.7. The Labute approximate surface area is 164 Å². The first-order valence-corrected chi connectivity index (χ1v) is 9.23. The molecule has 10 nitrogen and oxygen atoms in total. The Morgan fingerprint density at radius 2 is 2.14 bits per heavy atom. The van der Waals surface area contributed by atoms with Crippen molar-refractivity contribution in [2.45, 2.75) is 37.3 Å². The van der Waals surface area contributed by atoms with E-state index in [0.29, 0.717) is 12.5 Å². The first-order valence-electron chi connectivity index (χ1n) is 9.23. The third-order valence-electron chi connectivity index (χ3n) is 5.21. The van der Waals surface area contributed by atoms with Gasteiger partial charge in [0.2, 0.25) is 11.8 Å². The maximum absolute atomic E-state index is 13.2. The summed E-state index contributed by atoms with van der Waals surface area (Å²) in [5, 5.41) is 2.40. The van der Waals surface area contributed by atoms with Gasteiger partial charge in [-0.05, 0) is 25.7 Å². The molecule has 1 saturated carbocycles. The lowest BCUT2D eigenvalue weighted by Crippen LogP contribution is -2.73. The van der Waals surface area contributed by atoms with Crippen LogP contribution in [0.2, 0.25) is 0 Å². The number of anilines is 1. The quantitative estimate of drug-likeness (QED) is 0.659. The molecule has 2 amide bonds. The van der Waals surface area contributed by atoms with Crippen LogP contribution < -0.4 is 25.4 Å². The summed E-state index contributed by atoms with van der Waals surface area (Å²) in [6.07, 6.45) is 1.61. The number of amides is 2. The molecule has 158 valence electrons. The van der Waals surface area contributed by atoms with E-state index < -0.39 is 42.7 Å². The van der Waals surface area contributed by atoms with Gasteiger partial charge < -0.3 is 30.2 Å². The highest BCUT2D eigenvalue weighted by molar-refractivity contribution is 5.90. The van der Waals surface area contributed by atoms with Crippen LogP contribution >= 0.6 is 0 Å². The van der Waals surface area contributed by atoms with Gasteiger partial charge in [0.1, 0.15) is 0 Å². The highest BCUT2D eigenvalue weighted by Gasteiger charge is 2.53. The van der Waals surface area contributed by atoms with Crippen LogP contribution in [0.15, 0.2) is 6.20 Å². The number of rotatable bonds is 7. The molecule has 1 aliphatic carbocycles. The van der Waals surface area contributed by atoms with E-state index in [4.69, 9.17) is 19.9 Å². The number of nitrogens with zero attached hydrogens (tertiary/aromatic N) is 3. The second kappa shape index (κ2) is 6.94. The van der Waals surface area contributed by atoms with Crippen molar-refractivity contribution >= 4 is 17.8 Å². The van der Waals surface area contributed by atoms with Gasteiger partial charge in [0.25, 0.3) is 11.8 Å². The molecule has 4 rings (SSSR count). The molecular weight excluding hydrogens is 392 g/mol. The largest absolute Gasteiger partial charge is 0.475 e. The summed E-state index contributed by atoms with van der Waals surface area (Å²) in [5.41, 5.74) is 3.99. The molecule has 2 aliphatic heterocycles. The molecule has 2 atom stereocenters. The lowest BCUT2D eigenvalue weighted by atomic mass is 9.88. The van der Waals surface area contributed by atoms with Gasteiger partial charge in [0, 0.05) is 0 Å². The van der Waals surface area contributed by atoms with E-state index in [1.165, 1.54) is 4.90 Å². The van der Waals surface area contributed by atoms with Gasteiger partial charge in [-0.25, -0.2) is 18.6 Å². The Hall–Kier alpha value is -2.76. The third kappa shape index (κ3) is 3.88. The molecule has 0 aromatic carbocycles. The SMILES string of the molecule is CC1OCC1(NC(=O)Oc1cnc(N2CC(F)(F)C2)c(OCC2CC2)n1)C(N)=O. The monoisotopic (exact) mass is 413 g/mol. The maximum atomic E-state index is 13.2. The standard InChI is InChI=1S/C17H21F2N5O5/c1-9-17(8-28-9,14(20)25)23-15(26)29-11-4-21-12(24-6-16(18,19)7-24)13(22-11)27-5-10-2-3-10/h4,9-10H,2-3,5-8H2,1H3,(H2,20,25)(H,23,26). The number of halogens is 2. The van der Waals surface area contributed by atoms with Gasteiger partial charge in [-0.15, -0.1) is 0 Å². The molecule has 3 aliphatic rings. The minimum absolute atomic E-state index is 0.0164. The first-order chi connectivity index (χ1) is 13.7. The zero-order chi connectivity index (χ0) is 20.8. The molecule has 0 radical (unpaired) electrons. The van der Waals surface area contributed by atoms with Crippen LogP contribution in [0.4, 0.5) is 19.4 Å². The first kappa shape index (κ1) is 19.6. The second-order valence-corrected chi connectivity index (χ2v) is 7.61. The van der Waals surface area contributed by atoms with Crippen LogP contribution in [0.1, 0.15) is 19.8 Å². The lowest BCUT2D eigenvalue weighted by Gasteiger charge is -2.44. The third-order valence-corrected chi connectivity index (χ3v) is 5.21. The molecule has 2 unspecified atom stereocenters. The van der Waals surface area contributed by atoms with Crippen LogP contribution in [-0.2, 0) is 9.53 Å². The van der Waals surface area contributed by atoms with E-state index in [1.54, 1.807) is 6.92 Å². The molecule has 1 aromatic rings. The number of alkyl halides is 2. The molecule has 29 heavy (non-hydrogen) atoms. The Morgan fingerprint density at radius 1 is 1.41 bits per heavy atom. The van der Waals surface area contributed by atoms with Crippen molar-refractivity contribution in [3.8, 4) is 11.8 Å². The van der Waals surface area contributed by atoms with Gasteiger partial charge in [-0.2, -0.15) is 4.98 Å². The number of nitrogens with one attached hydrogen (secondary N) is 1. The summed E-state index contributed by atoms with van der Waals surface area (Å²) in [5.74, 6) is -3.15. The van der Waals surface area contributed by atoms with Gasteiger partial charge in [-0.1, -0.05) is 0 Å². The molecule has 0 bridgehead atoms. The number of primary amides is 1. The van der Waals surface area contributed by atoms with Crippen molar-refractivity contribution < 1.29 is 32.6 Å². The van der Waals surface area contributed by atoms with Crippen LogP contribution in [-0.4, -0.2) is 65.8 Å². The van der Waals surface area contributed by atoms with Crippen molar-refractivity contribution in [2.75, 3.05) is 31.2 Å². The summed E-state index contributed by atoms with van der Waals surface area (Å²) in [6.45, 7) is 0.932. The summed E-state index contributed by atoms with van der Waals surface area (Å²) in [7, 11) is 0. The summed E-state index contributed by atoms with van der Waals surface area (Å²) >= 11 is 0. The van der Waals surface area contributed by atoms with Gasteiger partial charge in [0.15, 0.2) is 11.4 Å². The summed E-state index contributed by atoms with van der Waals surface area (Å²) in [6, 6.07) is 0. The van der Waals surface area contributed by atoms with Gasteiger partial charge in [-0.3, -0.25) is 4.79 Å². The molecule has 3 heterocycles. The van der Waals surface area contributed by atoms with E-state index in [0.717, 1.165) is 19.0 Å². The number of aromatic nitrogens is 2. The smallest absolute Gasteiger partial charge is 0.415 e. The van der Waals surface area contributed by atoms with E-state index >= 15 is 0 Å². The predicted molar refractivity (Wildman–Crippen MR) is 93.9 cm³/mol. The lowest BCUT2D eigenvalue weighted by molar-refractivity contribution is -0.163. The van der Waals surface area contributed by atoms with E-state index in [-0.39, 0.29) is 24.2 Å². The van der Waals surface area contributed by atoms with Crippen LogP contribution in [0, 0.1) is 5.92 Å². The highest BCUT2D eigenvalue weighted by Crippen LogP contribution is 2.37. The van der Waals surface area contributed by atoms with E-state index in [2.05, 4.69) is 15.3 Å². The second-order valence-electron chi connectivity index (χ2n) is 7.61. The summed E-state index contributed by atoms with van der Waals surface area (Å²) in [4.78, 5) is 33.4. The molecule has 2 saturated heterocycles. The van der Waals surface area contributed by atoms with E-state index in [1.807, 2.05) is 0 Å². The fourth-order valence-corrected chi connectivity index (χ4v) is 3.05. The molecule has 3 fully saturated rings. The average Bonchev–Trinajstić information content (AvgIpc) is 3.45. The van der Waals surface area contributed by atoms with Gasteiger partial charge in [0.05, 0.1) is 38.6 Å². The topological polar surface area (TPSA) is 129 Å². The zero-order valence-corrected chi connectivity index (χ0v) is 15.7. The van der Waals surface area contributed by atoms with Crippen LogP contribution in [0.5, 0.6) is 11.8 Å². The van der Waals surface area contributed by atoms with Crippen molar-refractivity contribution in [1.29, 1.82) is 0 Å². The Kier molecular flexibility index (Phi) is 4.68. The molecule has 0 spiro atoms. The minimum atomic E-state index is -2.78. The molecule has 1 aromatic heterocycles. The maximum Gasteiger partial charge on any atom is 0.415 e. The number of carbonyl (C=O) groups is 2. The number of nitrogens with two attached hydrogens (primary N) is 1. The van der Waals surface area contributed by atoms with Crippen LogP contribution in [0.25, 0.3) is 0 Å². The number of hydrogen-bond acceptors (Lipinski definition) is 8. The fraction of sp³-hybridized carbons (Fsp3) is 0.647. The Balaban J connectivity index is 1.46. The summed E-state index contributed by atoms with van der Waals surface area (Å²) < 4.78 is 42.3. The minimum Gasteiger partial charge on any atom is -0.475 e. The molecule has 3 N–H and O–H groups in total. The number of carbonyl (C=O) groups excluding carboxylic acids is 2. The molecular formula is C17H21F2N5O5. The molecule has 12 heteroatoms. The highest BCUT2D eigenvalue weighted by atomic mass is 19.3. The van der Waals surface area contributed by atoms with Crippen molar-refractivity contribution in [2.24, 2.45) is 11.7 Å². The number of ether oxygens (including phenoxy) is 3.